The van der Waals surface area contributed by atoms with E-state index in [4.69, 9.17) is 9.84 Å². The van der Waals surface area contributed by atoms with Crippen LogP contribution in [0.2, 0.25) is 0 Å². The van der Waals surface area contributed by atoms with Crippen LogP contribution in [0.15, 0.2) is 36.5 Å². The lowest BCUT2D eigenvalue weighted by Crippen LogP contribution is -2.28. The average molecular weight is 555 g/mol. The van der Waals surface area contributed by atoms with Crippen molar-refractivity contribution < 1.29 is 9.53 Å². The summed E-state index contributed by atoms with van der Waals surface area (Å²) in [6, 6.07) is 10.1. The maximum absolute atomic E-state index is 13.1. The first-order valence-corrected chi connectivity index (χ1v) is 13.7. The molecule has 6 rings (SSSR count). The van der Waals surface area contributed by atoms with Crippen LogP contribution in [0, 0.1) is 13.8 Å². The van der Waals surface area contributed by atoms with E-state index >= 15 is 0 Å². The van der Waals surface area contributed by atoms with Crippen LogP contribution < -0.4 is 15.5 Å². The molecule has 1 amide bonds. The number of fused-ring (bicyclic) bond motifs is 3. The van der Waals surface area contributed by atoms with Gasteiger partial charge < -0.3 is 25.2 Å². The molecule has 2 aliphatic heterocycles. The van der Waals surface area contributed by atoms with E-state index in [1.807, 2.05) is 38.2 Å². The second kappa shape index (κ2) is 10.8. The van der Waals surface area contributed by atoms with Gasteiger partial charge in [0, 0.05) is 63.3 Å². The summed E-state index contributed by atoms with van der Waals surface area (Å²) in [6.45, 7) is 5.99. The first-order valence-electron chi connectivity index (χ1n) is 13.7. The third-order valence-electron chi connectivity index (χ3n) is 7.42. The van der Waals surface area contributed by atoms with E-state index in [1.165, 1.54) is 10.6 Å². The van der Waals surface area contributed by atoms with Crippen molar-refractivity contribution in [2.45, 2.75) is 39.3 Å². The van der Waals surface area contributed by atoms with Crippen LogP contribution in [-0.4, -0.2) is 75.1 Å². The van der Waals surface area contributed by atoms with Gasteiger partial charge in [-0.2, -0.15) is 5.10 Å². The molecule has 0 radical (unpaired) electrons. The van der Waals surface area contributed by atoms with Crippen LogP contribution in [0.3, 0.4) is 0 Å². The summed E-state index contributed by atoms with van der Waals surface area (Å²) in [7, 11) is 5.47. The molecule has 2 aliphatic rings. The molecule has 1 aromatic carbocycles. The third-order valence-corrected chi connectivity index (χ3v) is 7.42. The predicted molar refractivity (Wildman–Crippen MR) is 157 cm³/mol. The highest BCUT2D eigenvalue weighted by Crippen LogP contribution is 2.45. The highest BCUT2D eigenvalue weighted by Gasteiger charge is 2.29. The Hall–Kier alpha value is -4.58. The van der Waals surface area contributed by atoms with E-state index in [9.17, 15) is 4.79 Å². The number of rotatable bonds is 6. The number of anilines is 5. The molecule has 0 atom stereocenters. The van der Waals surface area contributed by atoms with Crippen molar-refractivity contribution in [3.05, 3.63) is 59.4 Å². The molecular formula is C29H34N10O2. The summed E-state index contributed by atoms with van der Waals surface area (Å²) in [5.41, 5.74) is 6.91. The Labute approximate surface area is 238 Å². The van der Waals surface area contributed by atoms with Crippen LogP contribution >= 0.6 is 0 Å². The maximum Gasteiger partial charge on any atom is 0.276 e. The van der Waals surface area contributed by atoms with E-state index in [1.54, 1.807) is 20.2 Å². The topological polar surface area (TPSA) is 126 Å². The van der Waals surface area contributed by atoms with Crippen molar-refractivity contribution in [3.63, 3.8) is 0 Å². The van der Waals surface area contributed by atoms with E-state index in [-0.39, 0.29) is 11.6 Å². The van der Waals surface area contributed by atoms with Crippen LogP contribution in [0.1, 0.15) is 46.6 Å². The number of ether oxygens (including phenoxy) is 1. The molecular weight excluding hydrogens is 520 g/mol. The summed E-state index contributed by atoms with van der Waals surface area (Å²) in [6.07, 6.45) is 3.91. The second-order valence-electron chi connectivity index (χ2n) is 10.7. The fourth-order valence-corrected chi connectivity index (χ4v) is 5.57. The smallest absolute Gasteiger partial charge is 0.276 e. The molecule has 0 saturated carbocycles. The monoisotopic (exact) mass is 554 g/mol. The molecule has 0 spiro atoms. The number of benzene rings is 1. The number of carbonyl (C=O) groups is 1. The average Bonchev–Trinajstić information content (AvgIpc) is 3.37. The van der Waals surface area contributed by atoms with Crippen molar-refractivity contribution in [1.29, 1.82) is 0 Å². The summed E-state index contributed by atoms with van der Waals surface area (Å²) < 4.78 is 7.76. The van der Waals surface area contributed by atoms with Crippen molar-refractivity contribution in [3.8, 4) is 11.1 Å². The lowest BCUT2D eigenvalue weighted by atomic mass is 9.97. The number of para-hydroxylation sites is 1. The van der Waals surface area contributed by atoms with Gasteiger partial charge in [0.05, 0.1) is 41.5 Å². The first kappa shape index (κ1) is 26.6. The zero-order chi connectivity index (χ0) is 28.7. The summed E-state index contributed by atoms with van der Waals surface area (Å²) in [5, 5.41) is 20.1. The van der Waals surface area contributed by atoms with Gasteiger partial charge in [0.2, 0.25) is 0 Å². The molecule has 3 aromatic heterocycles. The number of aromatic nitrogens is 6. The van der Waals surface area contributed by atoms with Crippen LogP contribution in [-0.2, 0) is 11.3 Å². The Morgan fingerprint density at radius 3 is 2.56 bits per heavy atom. The Kier molecular flexibility index (Phi) is 7.00. The molecule has 0 aliphatic carbocycles. The highest BCUT2D eigenvalue weighted by molar-refractivity contribution is 6.00. The summed E-state index contributed by atoms with van der Waals surface area (Å²) >= 11 is 0. The summed E-state index contributed by atoms with van der Waals surface area (Å²) in [5.74, 6) is 1.46. The molecule has 1 fully saturated rings. The fraction of sp³-hybridized carbons (Fsp3) is 0.379. The SMILES string of the molecule is Cc1cc(Nc2cc(Nc3cccc4c3N(C)Cc3c-4cnn3C3CCOCC3)c(C(=O)N(C)C)nn2)nc(C)n1. The maximum atomic E-state index is 13.1. The minimum absolute atomic E-state index is 0.222. The van der Waals surface area contributed by atoms with Gasteiger partial charge in [-0.25, -0.2) is 9.97 Å². The number of hydrogen-bond donors (Lipinski definition) is 2. The molecule has 0 unspecified atom stereocenters. The highest BCUT2D eigenvalue weighted by atomic mass is 16.5. The Morgan fingerprint density at radius 2 is 1.80 bits per heavy atom. The third kappa shape index (κ3) is 5.18. The van der Waals surface area contributed by atoms with E-state index in [0.717, 1.165) is 60.8 Å². The number of carbonyl (C=O) groups excluding carboxylic acids is 1. The summed E-state index contributed by atoms with van der Waals surface area (Å²) in [4.78, 5) is 25.6. The lowest BCUT2D eigenvalue weighted by molar-refractivity contribution is 0.0654. The molecule has 212 valence electrons. The normalized spacial score (nSPS) is 14.8. The van der Waals surface area contributed by atoms with Gasteiger partial charge in [-0.05, 0) is 32.8 Å². The quantitative estimate of drug-likeness (QED) is 0.357. The van der Waals surface area contributed by atoms with Gasteiger partial charge in [-0.1, -0.05) is 12.1 Å². The molecule has 4 aromatic rings. The number of nitrogens with one attached hydrogen (secondary N) is 2. The van der Waals surface area contributed by atoms with Gasteiger partial charge in [-0.3, -0.25) is 9.48 Å². The molecule has 12 nitrogen and oxygen atoms in total. The number of amides is 1. The van der Waals surface area contributed by atoms with Gasteiger partial charge in [0.15, 0.2) is 11.5 Å². The molecule has 41 heavy (non-hydrogen) atoms. The first-order chi connectivity index (χ1) is 19.8. The largest absolute Gasteiger partial charge is 0.381 e. The lowest BCUT2D eigenvalue weighted by Gasteiger charge is -2.32. The Morgan fingerprint density at radius 1 is 1.00 bits per heavy atom. The van der Waals surface area contributed by atoms with Crippen LogP contribution in [0.25, 0.3) is 11.1 Å². The molecule has 1 saturated heterocycles. The predicted octanol–water partition coefficient (Wildman–Crippen LogP) is 4.24. The van der Waals surface area contributed by atoms with Crippen LogP contribution in [0.4, 0.5) is 28.7 Å². The number of hydrogen-bond acceptors (Lipinski definition) is 10. The molecule has 2 N–H and O–H groups in total. The fourth-order valence-electron chi connectivity index (χ4n) is 5.57. The second-order valence-corrected chi connectivity index (χ2v) is 10.7. The molecule has 5 heterocycles. The zero-order valence-electron chi connectivity index (χ0n) is 24.0. The van der Waals surface area contributed by atoms with Crippen LogP contribution in [0.5, 0.6) is 0 Å². The number of aryl methyl sites for hydroxylation is 2. The van der Waals surface area contributed by atoms with Crippen molar-refractivity contribution >= 4 is 34.6 Å². The van der Waals surface area contributed by atoms with Crippen molar-refractivity contribution in [1.82, 2.24) is 34.8 Å². The number of nitrogens with zero attached hydrogens (tertiary/aromatic N) is 8. The standard InChI is InChI=1S/C29H34N10O2/c1-17-13-25(32-18(2)31-17)34-26-14-23(27(36-35-26)29(40)37(3)4)33-22-8-6-7-20-21-15-30-39(19-9-11-41-12-10-19)24(21)16-38(5)28(20)22/h6-8,13-15,19H,9-12,16H2,1-5H3,(H2,31,32,33,34,35). The zero-order valence-corrected chi connectivity index (χ0v) is 24.0. The van der Waals surface area contributed by atoms with Gasteiger partial charge >= 0.3 is 0 Å². The molecule has 0 bridgehead atoms. The van der Waals surface area contributed by atoms with Gasteiger partial charge in [0.1, 0.15) is 11.6 Å². The van der Waals surface area contributed by atoms with Gasteiger partial charge in [-0.15, -0.1) is 10.2 Å². The Balaban J connectivity index is 1.38. The van der Waals surface area contributed by atoms with E-state index < -0.39 is 0 Å². The Bertz CT molecular complexity index is 1590. The molecule has 12 heteroatoms. The van der Waals surface area contributed by atoms with Crippen molar-refractivity contribution in [2.24, 2.45) is 0 Å². The van der Waals surface area contributed by atoms with Gasteiger partial charge in [0.25, 0.3) is 5.91 Å². The van der Waals surface area contributed by atoms with E-state index in [0.29, 0.717) is 29.2 Å². The minimum atomic E-state index is -0.251. The van der Waals surface area contributed by atoms with E-state index in [2.05, 4.69) is 53.5 Å². The van der Waals surface area contributed by atoms with Crippen molar-refractivity contribution in [2.75, 3.05) is 49.9 Å². The minimum Gasteiger partial charge on any atom is -0.381 e.